The van der Waals surface area contributed by atoms with Crippen LogP contribution in [0.2, 0.25) is 0 Å². The SMILES string of the molecule is COc1ccc(CNC(=O)c2ccc(=O)[nH]c2)cc1-c1cccc([N+](=O)[O-])c1. The Balaban J connectivity index is 1.83. The van der Waals surface area contributed by atoms with Crippen molar-refractivity contribution in [2.24, 2.45) is 0 Å². The molecule has 1 heterocycles. The molecule has 0 unspecified atom stereocenters. The van der Waals surface area contributed by atoms with Crippen LogP contribution in [-0.2, 0) is 6.54 Å². The zero-order chi connectivity index (χ0) is 20.1. The van der Waals surface area contributed by atoms with Gasteiger partial charge in [0.2, 0.25) is 5.56 Å². The number of rotatable bonds is 6. The van der Waals surface area contributed by atoms with Gasteiger partial charge in [-0.1, -0.05) is 18.2 Å². The van der Waals surface area contributed by atoms with Crippen LogP contribution in [-0.4, -0.2) is 22.9 Å². The van der Waals surface area contributed by atoms with Gasteiger partial charge in [0.15, 0.2) is 0 Å². The Morgan fingerprint density at radius 2 is 2.00 bits per heavy atom. The molecule has 0 radical (unpaired) electrons. The summed E-state index contributed by atoms with van der Waals surface area (Å²) in [7, 11) is 1.52. The van der Waals surface area contributed by atoms with Crippen LogP contribution in [0.15, 0.2) is 65.6 Å². The molecule has 0 saturated heterocycles. The third-order valence-corrected chi connectivity index (χ3v) is 4.13. The maximum Gasteiger partial charge on any atom is 0.270 e. The fraction of sp³-hybridized carbons (Fsp3) is 0.100. The van der Waals surface area contributed by atoms with Crippen LogP contribution in [0, 0.1) is 10.1 Å². The number of amides is 1. The zero-order valence-corrected chi connectivity index (χ0v) is 15.0. The number of hydrogen-bond acceptors (Lipinski definition) is 5. The van der Waals surface area contributed by atoms with E-state index in [9.17, 15) is 19.7 Å². The minimum Gasteiger partial charge on any atom is -0.496 e. The third kappa shape index (κ3) is 4.24. The molecule has 28 heavy (non-hydrogen) atoms. The lowest BCUT2D eigenvalue weighted by Gasteiger charge is -2.12. The molecule has 3 aromatic rings. The van der Waals surface area contributed by atoms with Gasteiger partial charge in [0.25, 0.3) is 11.6 Å². The van der Waals surface area contributed by atoms with Crippen molar-refractivity contribution in [1.29, 1.82) is 0 Å². The summed E-state index contributed by atoms with van der Waals surface area (Å²) in [6.45, 7) is 0.240. The van der Waals surface area contributed by atoms with E-state index in [-0.39, 0.29) is 23.7 Å². The largest absolute Gasteiger partial charge is 0.496 e. The summed E-state index contributed by atoms with van der Waals surface area (Å²) in [6.07, 6.45) is 1.35. The standard InChI is InChI=1S/C20H17N3O5/c1-28-18-7-5-13(11-22-20(25)15-6-8-19(24)21-12-15)9-17(18)14-3-2-4-16(10-14)23(26)27/h2-10,12H,11H2,1H3,(H,21,24)(H,22,25). The predicted octanol–water partition coefficient (Wildman–Crippen LogP) is 2.89. The second kappa shape index (κ2) is 8.17. The number of benzene rings is 2. The number of carbonyl (C=O) groups excluding carboxylic acids is 1. The molecule has 2 N–H and O–H groups in total. The van der Waals surface area contributed by atoms with E-state index in [1.807, 2.05) is 6.07 Å². The van der Waals surface area contributed by atoms with Gasteiger partial charge in [0, 0.05) is 36.5 Å². The molecule has 0 saturated carbocycles. The van der Waals surface area contributed by atoms with E-state index < -0.39 is 4.92 Å². The highest BCUT2D eigenvalue weighted by atomic mass is 16.6. The molecule has 8 heteroatoms. The first kappa shape index (κ1) is 18.8. The number of hydrogen-bond donors (Lipinski definition) is 2. The van der Waals surface area contributed by atoms with Gasteiger partial charge in [0.1, 0.15) is 5.75 Å². The van der Waals surface area contributed by atoms with Gasteiger partial charge in [-0.25, -0.2) is 0 Å². The highest BCUT2D eigenvalue weighted by Crippen LogP contribution is 2.32. The van der Waals surface area contributed by atoms with Crippen molar-refractivity contribution in [3.05, 3.63) is 92.4 Å². The van der Waals surface area contributed by atoms with Crippen LogP contribution in [0.3, 0.4) is 0 Å². The minimum absolute atomic E-state index is 0.0173. The predicted molar refractivity (Wildman–Crippen MR) is 103 cm³/mol. The molecule has 0 fully saturated rings. The molecule has 0 atom stereocenters. The van der Waals surface area contributed by atoms with Crippen LogP contribution < -0.4 is 15.6 Å². The second-order valence-electron chi connectivity index (χ2n) is 5.97. The Hall–Kier alpha value is -3.94. The molecule has 0 spiro atoms. The Morgan fingerprint density at radius 3 is 2.68 bits per heavy atom. The van der Waals surface area contributed by atoms with Crippen molar-refractivity contribution in [3.63, 3.8) is 0 Å². The van der Waals surface area contributed by atoms with Gasteiger partial charge >= 0.3 is 0 Å². The Bertz CT molecular complexity index is 1070. The Morgan fingerprint density at radius 1 is 1.18 bits per heavy atom. The van der Waals surface area contributed by atoms with Crippen molar-refractivity contribution in [3.8, 4) is 16.9 Å². The summed E-state index contributed by atoms with van der Waals surface area (Å²) < 4.78 is 5.37. The number of nitrogens with one attached hydrogen (secondary N) is 2. The number of aromatic nitrogens is 1. The Kier molecular flexibility index (Phi) is 5.50. The van der Waals surface area contributed by atoms with Crippen LogP contribution in [0.1, 0.15) is 15.9 Å². The number of nitrogens with zero attached hydrogens (tertiary/aromatic N) is 1. The zero-order valence-electron chi connectivity index (χ0n) is 15.0. The van der Waals surface area contributed by atoms with Crippen molar-refractivity contribution in [1.82, 2.24) is 10.3 Å². The maximum atomic E-state index is 12.2. The van der Waals surface area contributed by atoms with E-state index in [4.69, 9.17) is 4.74 Å². The van der Waals surface area contributed by atoms with Gasteiger partial charge in [0.05, 0.1) is 17.6 Å². The average molecular weight is 379 g/mol. The summed E-state index contributed by atoms with van der Waals surface area (Å²) >= 11 is 0. The summed E-state index contributed by atoms with van der Waals surface area (Å²) in [5.74, 6) is 0.236. The molecule has 0 aliphatic rings. The van der Waals surface area contributed by atoms with E-state index >= 15 is 0 Å². The third-order valence-electron chi connectivity index (χ3n) is 4.13. The van der Waals surface area contributed by atoms with Crippen molar-refractivity contribution in [2.75, 3.05) is 7.11 Å². The maximum absolute atomic E-state index is 12.2. The molecule has 1 amide bonds. The fourth-order valence-corrected chi connectivity index (χ4v) is 2.71. The van der Waals surface area contributed by atoms with Gasteiger partial charge in [-0.3, -0.25) is 19.7 Å². The number of nitro benzene ring substituents is 1. The second-order valence-corrected chi connectivity index (χ2v) is 5.97. The average Bonchev–Trinajstić information content (AvgIpc) is 2.72. The quantitative estimate of drug-likeness (QED) is 0.505. The fourth-order valence-electron chi connectivity index (χ4n) is 2.71. The lowest BCUT2D eigenvalue weighted by molar-refractivity contribution is -0.384. The highest BCUT2D eigenvalue weighted by molar-refractivity contribution is 5.93. The first-order chi connectivity index (χ1) is 13.5. The molecule has 3 rings (SSSR count). The first-order valence-corrected chi connectivity index (χ1v) is 8.36. The number of pyridine rings is 1. The molecule has 0 aliphatic heterocycles. The van der Waals surface area contributed by atoms with Crippen LogP contribution >= 0.6 is 0 Å². The van der Waals surface area contributed by atoms with Crippen molar-refractivity contribution in [2.45, 2.75) is 6.54 Å². The number of nitro groups is 1. The molecule has 1 aromatic heterocycles. The smallest absolute Gasteiger partial charge is 0.270 e. The summed E-state index contributed by atoms with van der Waals surface area (Å²) in [4.78, 5) is 36.3. The van der Waals surface area contributed by atoms with E-state index in [1.165, 1.54) is 37.6 Å². The van der Waals surface area contributed by atoms with Gasteiger partial charge in [-0.2, -0.15) is 0 Å². The lowest BCUT2D eigenvalue weighted by atomic mass is 10.0. The van der Waals surface area contributed by atoms with Crippen LogP contribution in [0.4, 0.5) is 5.69 Å². The number of non-ortho nitro benzene ring substituents is 1. The summed E-state index contributed by atoms with van der Waals surface area (Å²) in [5.41, 5.74) is 2.15. The minimum atomic E-state index is -0.454. The van der Waals surface area contributed by atoms with E-state index in [0.29, 0.717) is 22.4 Å². The number of aromatic amines is 1. The normalized spacial score (nSPS) is 10.3. The van der Waals surface area contributed by atoms with Gasteiger partial charge < -0.3 is 15.0 Å². The lowest BCUT2D eigenvalue weighted by Crippen LogP contribution is -2.23. The molecule has 8 nitrogen and oxygen atoms in total. The number of methoxy groups -OCH3 is 1. The Labute approximate surface area is 159 Å². The van der Waals surface area contributed by atoms with Gasteiger partial charge in [-0.15, -0.1) is 0 Å². The molecule has 2 aromatic carbocycles. The monoisotopic (exact) mass is 379 g/mol. The van der Waals surface area contributed by atoms with E-state index in [2.05, 4.69) is 10.3 Å². The van der Waals surface area contributed by atoms with Crippen molar-refractivity contribution >= 4 is 11.6 Å². The van der Waals surface area contributed by atoms with Crippen molar-refractivity contribution < 1.29 is 14.5 Å². The van der Waals surface area contributed by atoms with E-state index in [1.54, 1.807) is 24.3 Å². The molecular weight excluding hydrogens is 362 g/mol. The summed E-state index contributed by atoms with van der Waals surface area (Å²) in [5, 5.41) is 13.8. The molecular formula is C20H17N3O5. The molecule has 0 bridgehead atoms. The first-order valence-electron chi connectivity index (χ1n) is 8.36. The van der Waals surface area contributed by atoms with E-state index in [0.717, 1.165) is 5.56 Å². The number of H-pyrrole nitrogens is 1. The summed E-state index contributed by atoms with van der Waals surface area (Å²) in [6, 6.07) is 14.3. The molecule has 142 valence electrons. The molecule has 0 aliphatic carbocycles. The van der Waals surface area contributed by atoms with Gasteiger partial charge in [-0.05, 0) is 29.3 Å². The number of ether oxygens (including phenoxy) is 1. The van der Waals surface area contributed by atoms with Crippen LogP contribution in [0.5, 0.6) is 5.75 Å². The number of carbonyl (C=O) groups is 1. The topological polar surface area (TPSA) is 114 Å². The highest BCUT2D eigenvalue weighted by Gasteiger charge is 2.12. The van der Waals surface area contributed by atoms with Crippen LogP contribution in [0.25, 0.3) is 11.1 Å².